The minimum absolute atomic E-state index is 0.170. The predicted molar refractivity (Wildman–Crippen MR) is 118 cm³/mol. The summed E-state index contributed by atoms with van der Waals surface area (Å²) in [6, 6.07) is 8.00. The monoisotopic (exact) mass is 418 g/mol. The molecule has 1 N–H and O–H groups in total. The summed E-state index contributed by atoms with van der Waals surface area (Å²) in [5.41, 5.74) is 5.20. The highest BCUT2D eigenvalue weighted by atomic mass is 16.4. The van der Waals surface area contributed by atoms with E-state index in [1.165, 1.54) is 5.56 Å². The topological polar surface area (TPSA) is 97.0 Å². The van der Waals surface area contributed by atoms with E-state index in [0.29, 0.717) is 37.0 Å². The number of rotatable bonds is 6. The molecule has 1 aliphatic rings. The van der Waals surface area contributed by atoms with Gasteiger partial charge in [0.2, 0.25) is 11.8 Å². The molecule has 0 unspecified atom stereocenters. The molecule has 0 bridgehead atoms. The fraction of sp³-hybridized carbons (Fsp3) is 0.348. The lowest BCUT2D eigenvalue weighted by Gasteiger charge is -2.26. The molecule has 1 aromatic carbocycles. The van der Waals surface area contributed by atoms with Crippen molar-refractivity contribution in [3.63, 3.8) is 0 Å². The maximum atomic E-state index is 11.9. The summed E-state index contributed by atoms with van der Waals surface area (Å²) in [5.74, 6) is 0.965. The van der Waals surface area contributed by atoms with Gasteiger partial charge in [0.1, 0.15) is 5.69 Å². The van der Waals surface area contributed by atoms with E-state index < -0.39 is 0 Å². The van der Waals surface area contributed by atoms with Crippen LogP contribution in [0.25, 0.3) is 28.6 Å². The average molecular weight is 419 g/mol. The Hall–Kier alpha value is -3.39. The number of benzene rings is 1. The third-order valence-electron chi connectivity index (χ3n) is 5.36. The summed E-state index contributed by atoms with van der Waals surface area (Å²) < 4.78 is 5.93. The number of amides is 1. The summed E-state index contributed by atoms with van der Waals surface area (Å²) in [7, 11) is 1.92. The van der Waals surface area contributed by atoms with Gasteiger partial charge in [-0.25, -0.2) is 4.98 Å². The molecule has 8 nitrogen and oxygen atoms in total. The quantitative estimate of drug-likeness (QED) is 0.656. The van der Waals surface area contributed by atoms with Crippen molar-refractivity contribution < 1.29 is 9.21 Å². The normalized spacial score (nSPS) is 13.9. The van der Waals surface area contributed by atoms with Crippen molar-refractivity contribution in [3.8, 4) is 23.0 Å². The lowest BCUT2D eigenvalue weighted by Crippen LogP contribution is -2.34. The molecule has 3 heterocycles. The van der Waals surface area contributed by atoms with Crippen LogP contribution in [0.2, 0.25) is 0 Å². The zero-order valence-electron chi connectivity index (χ0n) is 18.1. The van der Waals surface area contributed by atoms with Gasteiger partial charge in [0, 0.05) is 31.6 Å². The highest BCUT2D eigenvalue weighted by Gasteiger charge is 2.20. The number of aromatic nitrogens is 4. The molecule has 0 fully saturated rings. The fourth-order valence-electron chi connectivity index (χ4n) is 3.56. The SMILES string of the molecule is CCC(=O)N1CC=C(c2cnc(C)c(-c3nnc(-c4ccc(CNC)cc4)o3)n2)CC1. The molecular weight excluding hydrogens is 392 g/mol. The van der Waals surface area contributed by atoms with Crippen molar-refractivity contribution in [2.75, 3.05) is 20.1 Å². The second kappa shape index (κ2) is 9.18. The second-order valence-electron chi connectivity index (χ2n) is 7.50. The molecule has 0 spiro atoms. The fourth-order valence-corrected chi connectivity index (χ4v) is 3.56. The molecule has 4 rings (SSSR count). The van der Waals surface area contributed by atoms with E-state index in [9.17, 15) is 4.79 Å². The van der Waals surface area contributed by atoms with Gasteiger partial charge in [-0.1, -0.05) is 25.1 Å². The van der Waals surface area contributed by atoms with Crippen molar-refractivity contribution in [1.82, 2.24) is 30.4 Å². The molecule has 31 heavy (non-hydrogen) atoms. The molecule has 0 atom stereocenters. The van der Waals surface area contributed by atoms with Gasteiger partial charge in [-0.3, -0.25) is 9.78 Å². The Morgan fingerprint density at radius 3 is 2.65 bits per heavy atom. The van der Waals surface area contributed by atoms with E-state index in [4.69, 9.17) is 9.40 Å². The van der Waals surface area contributed by atoms with Crippen LogP contribution in [-0.4, -0.2) is 51.1 Å². The Bertz CT molecular complexity index is 1100. The zero-order valence-corrected chi connectivity index (χ0v) is 18.1. The van der Waals surface area contributed by atoms with Crippen LogP contribution in [0.15, 0.2) is 41.0 Å². The molecule has 0 radical (unpaired) electrons. The highest BCUT2D eigenvalue weighted by Crippen LogP contribution is 2.27. The van der Waals surface area contributed by atoms with E-state index in [1.807, 2.05) is 56.1 Å². The van der Waals surface area contributed by atoms with Crippen LogP contribution in [-0.2, 0) is 11.3 Å². The molecule has 0 saturated heterocycles. The van der Waals surface area contributed by atoms with Crippen LogP contribution in [0, 0.1) is 6.92 Å². The van der Waals surface area contributed by atoms with Gasteiger partial charge >= 0.3 is 0 Å². The number of hydrogen-bond acceptors (Lipinski definition) is 7. The van der Waals surface area contributed by atoms with Gasteiger partial charge in [-0.2, -0.15) is 0 Å². The van der Waals surface area contributed by atoms with Gasteiger partial charge in [-0.15, -0.1) is 10.2 Å². The van der Waals surface area contributed by atoms with Crippen LogP contribution < -0.4 is 5.32 Å². The van der Waals surface area contributed by atoms with E-state index in [-0.39, 0.29) is 5.91 Å². The molecule has 1 aliphatic heterocycles. The Kier molecular flexibility index (Phi) is 6.18. The lowest BCUT2D eigenvalue weighted by molar-refractivity contribution is -0.130. The van der Waals surface area contributed by atoms with Crippen molar-refractivity contribution in [3.05, 3.63) is 53.5 Å². The summed E-state index contributed by atoms with van der Waals surface area (Å²) in [4.78, 5) is 23.0. The molecular formula is C23H26N6O2. The maximum absolute atomic E-state index is 11.9. The number of carbonyl (C=O) groups is 1. The van der Waals surface area contributed by atoms with Gasteiger partial charge < -0.3 is 14.6 Å². The summed E-state index contributed by atoms with van der Waals surface area (Å²) in [6.07, 6.45) is 5.08. The largest absolute Gasteiger partial charge is 0.415 e. The first kappa shape index (κ1) is 20.9. The van der Waals surface area contributed by atoms with E-state index in [0.717, 1.165) is 35.5 Å². The minimum Gasteiger partial charge on any atom is -0.415 e. The third-order valence-corrected chi connectivity index (χ3v) is 5.36. The zero-order chi connectivity index (χ0) is 21.8. The Morgan fingerprint density at radius 1 is 1.19 bits per heavy atom. The van der Waals surface area contributed by atoms with E-state index >= 15 is 0 Å². The first-order chi connectivity index (χ1) is 15.1. The van der Waals surface area contributed by atoms with Gasteiger partial charge in [0.05, 0.1) is 17.6 Å². The van der Waals surface area contributed by atoms with Gasteiger partial charge in [0.15, 0.2) is 0 Å². The second-order valence-corrected chi connectivity index (χ2v) is 7.50. The van der Waals surface area contributed by atoms with E-state index in [1.54, 1.807) is 6.20 Å². The summed E-state index contributed by atoms with van der Waals surface area (Å²) in [5, 5.41) is 11.5. The van der Waals surface area contributed by atoms with Crippen molar-refractivity contribution in [2.45, 2.75) is 33.2 Å². The Balaban J connectivity index is 1.57. The van der Waals surface area contributed by atoms with Crippen LogP contribution in [0.5, 0.6) is 0 Å². The minimum atomic E-state index is 0.170. The third kappa shape index (κ3) is 4.54. The van der Waals surface area contributed by atoms with E-state index in [2.05, 4.69) is 20.5 Å². The number of nitrogens with one attached hydrogen (secondary N) is 1. The molecule has 8 heteroatoms. The number of aryl methyl sites for hydroxylation is 1. The predicted octanol–water partition coefficient (Wildman–Crippen LogP) is 3.25. The Labute approximate surface area is 181 Å². The van der Waals surface area contributed by atoms with Crippen LogP contribution in [0.3, 0.4) is 0 Å². The smallest absolute Gasteiger partial charge is 0.268 e. The van der Waals surface area contributed by atoms with Gasteiger partial charge in [0.25, 0.3) is 5.89 Å². The summed E-state index contributed by atoms with van der Waals surface area (Å²) in [6.45, 7) is 5.85. The van der Waals surface area contributed by atoms with Gasteiger partial charge in [-0.05, 0) is 43.7 Å². The molecule has 3 aromatic rings. The molecule has 2 aromatic heterocycles. The standard InChI is InChI=1S/C23H26N6O2/c1-4-20(30)29-11-9-17(10-12-29)19-14-25-15(2)21(26-19)23-28-27-22(31-23)18-7-5-16(6-8-18)13-24-3/h5-9,14,24H,4,10-13H2,1-3H3. The number of nitrogens with zero attached hydrogens (tertiary/aromatic N) is 5. The molecule has 0 aliphatic carbocycles. The maximum Gasteiger partial charge on any atom is 0.268 e. The lowest BCUT2D eigenvalue weighted by atomic mass is 10.0. The molecule has 160 valence electrons. The number of carbonyl (C=O) groups excluding carboxylic acids is 1. The first-order valence-electron chi connectivity index (χ1n) is 10.5. The van der Waals surface area contributed by atoms with Crippen LogP contribution in [0.1, 0.15) is 36.7 Å². The highest BCUT2D eigenvalue weighted by molar-refractivity contribution is 5.77. The average Bonchev–Trinajstić information content (AvgIpc) is 3.30. The van der Waals surface area contributed by atoms with Crippen LogP contribution in [0.4, 0.5) is 0 Å². The summed E-state index contributed by atoms with van der Waals surface area (Å²) >= 11 is 0. The Morgan fingerprint density at radius 2 is 1.97 bits per heavy atom. The molecule has 1 amide bonds. The van der Waals surface area contributed by atoms with Crippen LogP contribution >= 0.6 is 0 Å². The van der Waals surface area contributed by atoms with Crippen molar-refractivity contribution in [2.24, 2.45) is 0 Å². The molecule has 0 saturated carbocycles. The first-order valence-corrected chi connectivity index (χ1v) is 10.5. The number of hydrogen-bond donors (Lipinski definition) is 1. The van der Waals surface area contributed by atoms with Crippen molar-refractivity contribution >= 4 is 11.5 Å². The van der Waals surface area contributed by atoms with Crippen molar-refractivity contribution in [1.29, 1.82) is 0 Å².